The summed E-state index contributed by atoms with van der Waals surface area (Å²) in [5.74, 6) is -1.02. The third kappa shape index (κ3) is 2.03. The molecular weight excluding hydrogens is 296 g/mol. The Balaban J connectivity index is 2.45. The van der Waals surface area contributed by atoms with Crippen LogP contribution in [0.2, 0.25) is 0 Å². The van der Waals surface area contributed by atoms with Crippen molar-refractivity contribution in [1.29, 1.82) is 0 Å². The Labute approximate surface area is 114 Å². The molecule has 1 aliphatic heterocycles. The van der Waals surface area contributed by atoms with Crippen LogP contribution in [0.5, 0.6) is 0 Å². The number of rotatable bonds is 3. The van der Waals surface area contributed by atoms with Gasteiger partial charge in [-0.05, 0) is 41.4 Å². The predicted molar refractivity (Wildman–Crippen MR) is 75.3 cm³/mol. The number of anilines is 2. The molecule has 0 aromatic heterocycles. The zero-order valence-electron chi connectivity index (χ0n) is 10.6. The summed E-state index contributed by atoms with van der Waals surface area (Å²) in [6.45, 7) is 4.25. The number of fused-ring (bicyclic) bond motifs is 1. The maximum Gasteiger partial charge on any atom is 0.296 e. The van der Waals surface area contributed by atoms with Crippen LogP contribution in [0.1, 0.15) is 30.6 Å². The smallest absolute Gasteiger partial charge is 0.296 e. The molecule has 4 nitrogen and oxygen atoms in total. The van der Waals surface area contributed by atoms with E-state index in [2.05, 4.69) is 40.0 Å². The Hall–Kier alpha value is -1.36. The second-order valence-electron chi connectivity index (χ2n) is 4.50. The molecule has 18 heavy (non-hydrogen) atoms. The molecule has 1 aromatic carbocycles. The fraction of sp³-hybridized carbons (Fsp3) is 0.385. The quantitative estimate of drug-likeness (QED) is 0.873. The van der Waals surface area contributed by atoms with Gasteiger partial charge in [0.2, 0.25) is 0 Å². The van der Waals surface area contributed by atoms with Crippen molar-refractivity contribution in [2.24, 2.45) is 0 Å². The molecule has 5 heteroatoms. The first kappa shape index (κ1) is 13.1. The second-order valence-corrected chi connectivity index (χ2v) is 5.35. The summed E-state index contributed by atoms with van der Waals surface area (Å²) in [5.41, 5.74) is 2.00. The fourth-order valence-corrected chi connectivity index (χ4v) is 2.56. The molecule has 96 valence electrons. The fourth-order valence-electron chi connectivity index (χ4n) is 1.94. The molecule has 1 atom stereocenters. The molecule has 1 amide bonds. The standard InChI is InChI=1S/C13H15BrN2O2/c1-4-7(2)16(3)11-6-10-8(5-9(11)14)12(17)13(18)15-10/h5-7H,4H2,1-3H3,(H,15,17,18). The van der Waals surface area contributed by atoms with Crippen LogP contribution in [0, 0.1) is 0 Å². The first-order chi connectivity index (χ1) is 8.45. The number of Topliss-reactive ketones (excluding diaryl/α,β-unsaturated/α-hetero) is 1. The molecule has 2 rings (SSSR count). The molecule has 1 heterocycles. The number of benzene rings is 1. The molecule has 0 aliphatic carbocycles. The van der Waals surface area contributed by atoms with E-state index in [9.17, 15) is 9.59 Å². The summed E-state index contributed by atoms with van der Waals surface area (Å²) in [4.78, 5) is 25.0. The maximum absolute atomic E-state index is 11.6. The lowest BCUT2D eigenvalue weighted by Gasteiger charge is -2.27. The summed E-state index contributed by atoms with van der Waals surface area (Å²) in [5, 5.41) is 2.59. The van der Waals surface area contributed by atoms with E-state index < -0.39 is 11.7 Å². The largest absolute Gasteiger partial charge is 0.371 e. The van der Waals surface area contributed by atoms with E-state index in [4.69, 9.17) is 0 Å². The van der Waals surface area contributed by atoms with Crippen LogP contribution in [-0.4, -0.2) is 24.8 Å². The highest BCUT2D eigenvalue weighted by molar-refractivity contribution is 9.10. The molecule has 1 unspecified atom stereocenters. The Bertz CT molecular complexity index is 528. The molecule has 0 saturated heterocycles. The van der Waals surface area contributed by atoms with Gasteiger partial charge in [-0.1, -0.05) is 6.92 Å². The Morgan fingerprint density at radius 2 is 2.06 bits per heavy atom. The number of halogens is 1. The first-order valence-corrected chi connectivity index (χ1v) is 6.67. The van der Waals surface area contributed by atoms with Gasteiger partial charge in [0.1, 0.15) is 0 Å². The third-order valence-electron chi connectivity index (χ3n) is 3.42. The second kappa shape index (κ2) is 4.72. The van der Waals surface area contributed by atoms with Gasteiger partial charge in [-0.25, -0.2) is 0 Å². The van der Waals surface area contributed by atoms with E-state index in [1.54, 1.807) is 6.07 Å². The van der Waals surface area contributed by atoms with E-state index in [1.807, 2.05) is 13.1 Å². The zero-order valence-corrected chi connectivity index (χ0v) is 12.2. The van der Waals surface area contributed by atoms with E-state index >= 15 is 0 Å². The SMILES string of the molecule is CCC(C)N(C)c1cc2c(cc1Br)C(=O)C(=O)N2. The van der Waals surface area contributed by atoms with E-state index in [1.165, 1.54) is 0 Å². The lowest BCUT2D eigenvalue weighted by Crippen LogP contribution is -2.28. The lowest BCUT2D eigenvalue weighted by atomic mass is 10.1. The average molecular weight is 311 g/mol. The normalized spacial score (nSPS) is 15.3. The van der Waals surface area contributed by atoms with Gasteiger partial charge in [0, 0.05) is 17.6 Å². The third-order valence-corrected chi connectivity index (χ3v) is 4.05. The summed E-state index contributed by atoms with van der Waals surface area (Å²) in [7, 11) is 2.00. The summed E-state index contributed by atoms with van der Waals surface area (Å²) < 4.78 is 0.828. The van der Waals surface area contributed by atoms with Crippen molar-refractivity contribution in [3.8, 4) is 0 Å². The van der Waals surface area contributed by atoms with Crippen molar-refractivity contribution in [2.75, 3.05) is 17.3 Å². The lowest BCUT2D eigenvalue weighted by molar-refractivity contribution is -0.112. The van der Waals surface area contributed by atoms with E-state index in [0.29, 0.717) is 17.3 Å². The van der Waals surface area contributed by atoms with Crippen LogP contribution < -0.4 is 10.2 Å². The number of ketones is 1. The maximum atomic E-state index is 11.6. The van der Waals surface area contributed by atoms with E-state index in [0.717, 1.165) is 16.6 Å². The Morgan fingerprint density at radius 3 is 2.67 bits per heavy atom. The van der Waals surface area contributed by atoms with Gasteiger partial charge in [0.05, 0.1) is 16.9 Å². The predicted octanol–water partition coefficient (Wildman–Crippen LogP) is 2.82. The van der Waals surface area contributed by atoms with Crippen molar-refractivity contribution in [3.05, 3.63) is 22.2 Å². The molecule has 0 bridgehead atoms. The highest BCUT2D eigenvalue weighted by atomic mass is 79.9. The van der Waals surface area contributed by atoms with Crippen molar-refractivity contribution in [1.82, 2.24) is 0 Å². The van der Waals surface area contributed by atoms with Crippen molar-refractivity contribution < 1.29 is 9.59 Å². The van der Waals surface area contributed by atoms with Gasteiger partial charge in [-0.15, -0.1) is 0 Å². The number of hydrogen-bond acceptors (Lipinski definition) is 3. The van der Waals surface area contributed by atoms with Gasteiger partial charge in [0.15, 0.2) is 0 Å². The highest BCUT2D eigenvalue weighted by Crippen LogP contribution is 2.35. The number of amides is 1. The molecular formula is C13H15BrN2O2. The summed E-state index contributed by atoms with van der Waals surface area (Å²) in [6.07, 6.45) is 1.02. The number of carbonyl (C=O) groups is 2. The Morgan fingerprint density at radius 1 is 1.39 bits per heavy atom. The molecule has 1 aliphatic rings. The topological polar surface area (TPSA) is 49.4 Å². The summed E-state index contributed by atoms with van der Waals surface area (Å²) >= 11 is 3.46. The van der Waals surface area contributed by atoms with Crippen LogP contribution in [0.3, 0.4) is 0 Å². The van der Waals surface area contributed by atoms with Gasteiger partial charge in [-0.3, -0.25) is 9.59 Å². The molecule has 1 N–H and O–H groups in total. The van der Waals surface area contributed by atoms with Gasteiger partial charge < -0.3 is 10.2 Å². The summed E-state index contributed by atoms with van der Waals surface area (Å²) in [6, 6.07) is 3.94. The van der Waals surface area contributed by atoms with E-state index in [-0.39, 0.29) is 0 Å². The zero-order chi connectivity index (χ0) is 13.4. The Kier molecular flexibility index (Phi) is 3.43. The minimum Gasteiger partial charge on any atom is -0.371 e. The van der Waals surface area contributed by atoms with Crippen molar-refractivity contribution >= 4 is 39.0 Å². The molecule has 0 fully saturated rings. The number of nitrogens with one attached hydrogen (secondary N) is 1. The van der Waals surface area contributed by atoms with Crippen molar-refractivity contribution in [2.45, 2.75) is 26.3 Å². The monoisotopic (exact) mass is 310 g/mol. The number of carbonyl (C=O) groups excluding carboxylic acids is 2. The molecule has 0 saturated carbocycles. The average Bonchev–Trinajstić information content (AvgIpc) is 2.63. The highest BCUT2D eigenvalue weighted by Gasteiger charge is 2.29. The minimum atomic E-state index is -0.555. The first-order valence-electron chi connectivity index (χ1n) is 5.87. The molecule has 0 radical (unpaired) electrons. The minimum absolute atomic E-state index is 0.382. The van der Waals surface area contributed by atoms with Crippen LogP contribution in [0.15, 0.2) is 16.6 Å². The molecule has 1 aromatic rings. The van der Waals surface area contributed by atoms with Gasteiger partial charge in [-0.2, -0.15) is 0 Å². The van der Waals surface area contributed by atoms with Crippen LogP contribution >= 0.6 is 15.9 Å². The van der Waals surface area contributed by atoms with Crippen LogP contribution in [-0.2, 0) is 4.79 Å². The van der Waals surface area contributed by atoms with Gasteiger partial charge in [0.25, 0.3) is 11.7 Å². The van der Waals surface area contributed by atoms with Gasteiger partial charge >= 0.3 is 0 Å². The van der Waals surface area contributed by atoms with Crippen molar-refractivity contribution in [3.63, 3.8) is 0 Å². The number of nitrogens with zero attached hydrogens (tertiary/aromatic N) is 1. The van der Waals surface area contributed by atoms with Crippen LogP contribution in [0.4, 0.5) is 11.4 Å². The number of hydrogen-bond donors (Lipinski definition) is 1. The molecule has 0 spiro atoms. The van der Waals surface area contributed by atoms with Crippen LogP contribution in [0.25, 0.3) is 0 Å².